The molecule has 1 saturated heterocycles. The van der Waals surface area contributed by atoms with Crippen LogP contribution >= 0.6 is 11.8 Å². The van der Waals surface area contributed by atoms with Crippen molar-refractivity contribution in [1.82, 2.24) is 14.7 Å². The van der Waals surface area contributed by atoms with Crippen LogP contribution < -0.4 is 5.73 Å². The molecule has 0 saturated carbocycles. The number of carbonyl (C=O) groups excluding carboxylic acids is 1. The fraction of sp³-hybridized carbons (Fsp3) is 0.636. The molecule has 1 aliphatic heterocycles. The van der Waals surface area contributed by atoms with E-state index in [9.17, 15) is 4.79 Å². The Morgan fingerprint density at radius 2 is 2.47 bits per heavy atom. The first-order chi connectivity index (χ1) is 8.13. The van der Waals surface area contributed by atoms with Gasteiger partial charge < -0.3 is 10.6 Å². The van der Waals surface area contributed by atoms with E-state index in [0.717, 1.165) is 24.6 Å². The average molecular weight is 254 g/mol. The Bertz CT molecular complexity index is 418. The molecule has 1 atom stereocenters. The molecule has 0 aliphatic carbocycles. The lowest BCUT2D eigenvalue weighted by Crippen LogP contribution is -2.44. The Morgan fingerprint density at radius 3 is 3.06 bits per heavy atom. The third kappa shape index (κ3) is 2.41. The summed E-state index contributed by atoms with van der Waals surface area (Å²) in [6.45, 7) is 5.55. The fourth-order valence-electron chi connectivity index (χ4n) is 1.93. The highest BCUT2D eigenvalue weighted by Gasteiger charge is 2.27. The van der Waals surface area contributed by atoms with Crippen molar-refractivity contribution in [2.24, 2.45) is 0 Å². The molecular formula is C11H18N4OS. The number of nitrogens with two attached hydrogens (primary N) is 1. The molecule has 1 unspecified atom stereocenters. The quantitative estimate of drug-likeness (QED) is 0.857. The number of aryl methyl sites for hydroxylation is 1. The second-order valence-electron chi connectivity index (χ2n) is 4.21. The number of nitrogen functional groups attached to an aromatic ring is 1. The number of hydrogen-bond donors (Lipinski definition) is 1. The Kier molecular flexibility index (Phi) is 3.61. The number of aromatic nitrogens is 2. The standard InChI is InChI=1S/C11H18N4OS/c1-3-14-6-9(12)10(13-14)11(16)15-4-5-17-7-8(15)2/h6,8H,3-5,7,12H2,1-2H3. The number of thioether (sulfide) groups is 1. The third-order valence-corrected chi connectivity index (χ3v) is 4.13. The third-order valence-electron chi connectivity index (χ3n) is 2.95. The highest BCUT2D eigenvalue weighted by Crippen LogP contribution is 2.20. The number of rotatable bonds is 2. The fourth-order valence-corrected chi connectivity index (χ4v) is 2.94. The molecule has 1 amide bonds. The van der Waals surface area contributed by atoms with Gasteiger partial charge in [0.15, 0.2) is 5.69 Å². The van der Waals surface area contributed by atoms with Gasteiger partial charge in [0.2, 0.25) is 0 Å². The summed E-state index contributed by atoms with van der Waals surface area (Å²) < 4.78 is 1.70. The first-order valence-corrected chi connectivity index (χ1v) is 7.00. The molecule has 2 rings (SSSR count). The van der Waals surface area contributed by atoms with Crippen molar-refractivity contribution in [1.29, 1.82) is 0 Å². The second kappa shape index (κ2) is 5.00. The van der Waals surface area contributed by atoms with Gasteiger partial charge in [0, 0.05) is 36.8 Å². The van der Waals surface area contributed by atoms with E-state index in [1.807, 2.05) is 23.6 Å². The first-order valence-electron chi connectivity index (χ1n) is 5.85. The van der Waals surface area contributed by atoms with E-state index >= 15 is 0 Å². The van der Waals surface area contributed by atoms with E-state index < -0.39 is 0 Å². The Morgan fingerprint density at radius 1 is 1.71 bits per heavy atom. The van der Waals surface area contributed by atoms with E-state index in [-0.39, 0.29) is 11.9 Å². The highest BCUT2D eigenvalue weighted by atomic mass is 32.2. The lowest BCUT2D eigenvalue weighted by atomic mass is 10.2. The molecule has 1 aromatic heterocycles. The van der Waals surface area contributed by atoms with Crippen LogP contribution in [0.4, 0.5) is 5.69 Å². The summed E-state index contributed by atoms with van der Waals surface area (Å²) in [6.07, 6.45) is 1.72. The maximum absolute atomic E-state index is 12.3. The molecule has 2 N–H and O–H groups in total. The van der Waals surface area contributed by atoms with Crippen LogP contribution in [0, 0.1) is 0 Å². The van der Waals surface area contributed by atoms with Crippen LogP contribution in [-0.4, -0.2) is 44.7 Å². The largest absolute Gasteiger partial charge is 0.396 e. The van der Waals surface area contributed by atoms with Gasteiger partial charge in [-0.15, -0.1) is 0 Å². The monoisotopic (exact) mass is 254 g/mol. The van der Waals surface area contributed by atoms with Crippen molar-refractivity contribution in [2.75, 3.05) is 23.8 Å². The van der Waals surface area contributed by atoms with Crippen molar-refractivity contribution < 1.29 is 4.79 Å². The predicted octanol–water partition coefficient (Wildman–Crippen LogP) is 1.06. The van der Waals surface area contributed by atoms with Crippen LogP contribution in [-0.2, 0) is 6.54 Å². The molecule has 6 heteroatoms. The van der Waals surface area contributed by atoms with E-state index in [4.69, 9.17) is 5.73 Å². The minimum absolute atomic E-state index is 0.0394. The number of anilines is 1. The molecule has 17 heavy (non-hydrogen) atoms. The van der Waals surface area contributed by atoms with E-state index in [2.05, 4.69) is 12.0 Å². The minimum atomic E-state index is -0.0394. The van der Waals surface area contributed by atoms with Gasteiger partial charge >= 0.3 is 0 Å². The summed E-state index contributed by atoms with van der Waals surface area (Å²) in [5.74, 6) is 1.94. The Labute approximate surface area is 105 Å². The molecule has 1 aromatic rings. The molecule has 2 heterocycles. The van der Waals surface area contributed by atoms with Crippen LogP contribution in [0.3, 0.4) is 0 Å². The summed E-state index contributed by atoms with van der Waals surface area (Å²) in [5.41, 5.74) is 6.70. The number of nitrogens with zero attached hydrogens (tertiary/aromatic N) is 3. The van der Waals surface area contributed by atoms with E-state index in [0.29, 0.717) is 11.4 Å². The molecule has 0 aromatic carbocycles. The topological polar surface area (TPSA) is 64.2 Å². The number of hydrogen-bond acceptors (Lipinski definition) is 4. The summed E-state index contributed by atoms with van der Waals surface area (Å²) in [6, 6.07) is 0.257. The van der Waals surface area contributed by atoms with Gasteiger partial charge in [-0.1, -0.05) is 0 Å². The van der Waals surface area contributed by atoms with Crippen LogP contribution in [0.25, 0.3) is 0 Å². The van der Waals surface area contributed by atoms with Crippen molar-refractivity contribution in [3.05, 3.63) is 11.9 Å². The van der Waals surface area contributed by atoms with Gasteiger partial charge in [0.05, 0.1) is 5.69 Å². The van der Waals surface area contributed by atoms with Gasteiger partial charge in [-0.25, -0.2) is 0 Å². The normalized spacial score (nSPS) is 20.6. The smallest absolute Gasteiger partial charge is 0.276 e. The Hall–Kier alpha value is -1.17. The first kappa shape index (κ1) is 12.3. The second-order valence-corrected chi connectivity index (χ2v) is 5.36. The van der Waals surface area contributed by atoms with Crippen LogP contribution in [0.15, 0.2) is 6.20 Å². The van der Waals surface area contributed by atoms with E-state index in [1.54, 1.807) is 10.9 Å². The summed E-state index contributed by atoms with van der Waals surface area (Å²) in [7, 11) is 0. The van der Waals surface area contributed by atoms with Gasteiger partial charge in [-0.2, -0.15) is 16.9 Å². The molecule has 0 bridgehead atoms. The molecule has 1 aliphatic rings. The van der Waals surface area contributed by atoms with Gasteiger partial charge in [-0.3, -0.25) is 9.48 Å². The Balaban J connectivity index is 2.20. The van der Waals surface area contributed by atoms with Gasteiger partial charge in [-0.05, 0) is 13.8 Å². The zero-order chi connectivity index (χ0) is 12.4. The summed E-state index contributed by atoms with van der Waals surface area (Å²) in [5, 5.41) is 4.23. The zero-order valence-corrected chi connectivity index (χ0v) is 11.0. The zero-order valence-electron chi connectivity index (χ0n) is 10.2. The summed E-state index contributed by atoms with van der Waals surface area (Å²) in [4.78, 5) is 14.2. The maximum atomic E-state index is 12.3. The van der Waals surface area contributed by atoms with Crippen molar-refractivity contribution in [3.8, 4) is 0 Å². The molecule has 0 radical (unpaired) electrons. The van der Waals surface area contributed by atoms with Crippen LogP contribution in [0.2, 0.25) is 0 Å². The molecular weight excluding hydrogens is 236 g/mol. The lowest BCUT2D eigenvalue weighted by Gasteiger charge is -2.32. The lowest BCUT2D eigenvalue weighted by molar-refractivity contribution is 0.0710. The number of amides is 1. The van der Waals surface area contributed by atoms with Crippen molar-refractivity contribution >= 4 is 23.4 Å². The SMILES string of the molecule is CCn1cc(N)c(C(=O)N2CCSCC2C)n1. The summed E-state index contributed by atoms with van der Waals surface area (Å²) >= 11 is 1.88. The molecule has 94 valence electrons. The van der Waals surface area contributed by atoms with Crippen molar-refractivity contribution in [3.63, 3.8) is 0 Å². The molecule has 0 spiro atoms. The van der Waals surface area contributed by atoms with Crippen LogP contribution in [0.5, 0.6) is 0 Å². The predicted molar refractivity (Wildman–Crippen MR) is 70.1 cm³/mol. The van der Waals surface area contributed by atoms with Crippen molar-refractivity contribution in [2.45, 2.75) is 26.4 Å². The highest BCUT2D eigenvalue weighted by molar-refractivity contribution is 7.99. The average Bonchev–Trinajstić information content (AvgIpc) is 2.70. The van der Waals surface area contributed by atoms with Crippen LogP contribution in [0.1, 0.15) is 24.3 Å². The number of carbonyl (C=O) groups is 1. The van der Waals surface area contributed by atoms with Gasteiger partial charge in [0.1, 0.15) is 0 Å². The molecule has 1 fully saturated rings. The van der Waals surface area contributed by atoms with E-state index in [1.165, 1.54) is 0 Å². The minimum Gasteiger partial charge on any atom is -0.396 e. The van der Waals surface area contributed by atoms with Gasteiger partial charge in [0.25, 0.3) is 5.91 Å². The maximum Gasteiger partial charge on any atom is 0.276 e. The molecule has 5 nitrogen and oxygen atoms in total.